The second-order valence-corrected chi connectivity index (χ2v) is 11.9. The molecular weight excluding hydrogens is 550 g/mol. The summed E-state index contributed by atoms with van der Waals surface area (Å²) in [6.07, 6.45) is 7.78. The molecule has 0 saturated carbocycles. The topological polar surface area (TPSA) is 43.9 Å². The molecule has 3 heterocycles. The molecule has 3 aromatic heterocycles. The molecule has 0 amide bonds. The lowest BCUT2D eigenvalue weighted by molar-refractivity contribution is 0.653. The zero-order chi connectivity index (χ0) is 29.9. The Hall–Kier alpha value is -5.74. The highest BCUT2D eigenvalue weighted by Gasteiger charge is 2.21. The van der Waals surface area contributed by atoms with Crippen LogP contribution in [0.4, 0.5) is 0 Å². The van der Waals surface area contributed by atoms with Gasteiger partial charge in [0.05, 0.1) is 22.1 Å². The van der Waals surface area contributed by atoms with Crippen molar-refractivity contribution in [2.24, 2.45) is 5.92 Å². The molecule has 4 heteroatoms. The third-order valence-electron chi connectivity index (χ3n) is 9.09. The van der Waals surface area contributed by atoms with E-state index < -0.39 is 0 Å². The van der Waals surface area contributed by atoms with Crippen molar-refractivity contribution in [2.45, 2.75) is 13.3 Å². The fourth-order valence-corrected chi connectivity index (χ4v) is 6.88. The van der Waals surface area contributed by atoms with E-state index in [0.29, 0.717) is 17.5 Å². The van der Waals surface area contributed by atoms with Crippen LogP contribution in [-0.2, 0) is 0 Å². The number of hydrogen-bond acceptors (Lipinski definition) is 3. The number of nitrogens with zero attached hydrogens (tertiary/aromatic N) is 3. The lowest BCUT2D eigenvalue weighted by Crippen LogP contribution is -2.00. The summed E-state index contributed by atoms with van der Waals surface area (Å²) < 4.78 is 8.81. The van der Waals surface area contributed by atoms with Crippen molar-refractivity contribution in [3.8, 4) is 28.3 Å². The Morgan fingerprint density at radius 3 is 2.24 bits per heavy atom. The predicted octanol–water partition coefficient (Wildman–Crippen LogP) is 10.8. The van der Waals surface area contributed by atoms with E-state index in [1.165, 1.54) is 32.9 Å². The Balaban J connectivity index is 1.29. The number of para-hydroxylation sites is 1. The molecule has 1 aliphatic carbocycles. The van der Waals surface area contributed by atoms with Crippen molar-refractivity contribution in [3.05, 3.63) is 145 Å². The monoisotopic (exact) mass is 579 g/mol. The summed E-state index contributed by atoms with van der Waals surface area (Å²) >= 11 is 0. The summed E-state index contributed by atoms with van der Waals surface area (Å²) in [5, 5.41) is 4.42. The SMILES string of the molecule is CC1CC=CC=C1c1ccc2c(c1)c1ccccc1n2-c1ccc2oc3nc(-c4ccccc4)nc(-c4ccccc4)c3c2c1. The van der Waals surface area contributed by atoms with E-state index in [-0.39, 0.29) is 0 Å². The van der Waals surface area contributed by atoms with Crippen molar-refractivity contribution in [2.75, 3.05) is 0 Å². The van der Waals surface area contributed by atoms with Gasteiger partial charge in [-0.15, -0.1) is 0 Å². The van der Waals surface area contributed by atoms with E-state index in [4.69, 9.17) is 14.4 Å². The molecule has 0 saturated heterocycles. The van der Waals surface area contributed by atoms with Crippen molar-refractivity contribution in [1.29, 1.82) is 0 Å². The molecule has 9 rings (SSSR count). The zero-order valence-electron chi connectivity index (χ0n) is 24.8. The van der Waals surface area contributed by atoms with Gasteiger partial charge in [0.15, 0.2) is 5.82 Å². The average Bonchev–Trinajstić information content (AvgIpc) is 3.64. The van der Waals surface area contributed by atoms with Crippen LogP contribution >= 0.6 is 0 Å². The molecule has 0 aliphatic heterocycles. The van der Waals surface area contributed by atoms with Crippen LogP contribution in [0.1, 0.15) is 18.9 Å². The molecule has 214 valence electrons. The Kier molecular flexibility index (Phi) is 5.82. The van der Waals surface area contributed by atoms with Gasteiger partial charge in [-0.3, -0.25) is 0 Å². The summed E-state index contributed by atoms with van der Waals surface area (Å²) in [6.45, 7) is 2.31. The summed E-state index contributed by atoms with van der Waals surface area (Å²) in [4.78, 5) is 10.1. The average molecular weight is 580 g/mol. The van der Waals surface area contributed by atoms with Crippen molar-refractivity contribution in [1.82, 2.24) is 14.5 Å². The molecule has 45 heavy (non-hydrogen) atoms. The van der Waals surface area contributed by atoms with Gasteiger partial charge in [-0.05, 0) is 59.9 Å². The van der Waals surface area contributed by atoms with Crippen LogP contribution in [-0.4, -0.2) is 14.5 Å². The smallest absolute Gasteiger partial charge is 0.231 e. The summed E-state index contributed by atoms with van der Waals surface area (Å²) in [5.74, 6) is 1.15. The molecule has 0 N–H and O–H groups in total. The van der Waals surface area contributed by atoms with Crippen LogP contribution in [0.3, 0.4) is 0 Å². The normalized spacial score (nSPS) is 15.0. The predicted molar refractivity (Wildman–Crippen MR) is 185 cm³/mol. The first-order valence-corrected chi connectivity index (χ1v) is 15.5. The third-order valence-corrected chi connectivity index (χ3v) is 9.09. The maximum absolute atomic E-state index is 6.44. The number of aromatic nitrogens is 3. The first-order valence-electron chi connectivity index (χ1n) is 15.5. The molecule has 0 radical (unpaired) electrons. The maximum atomic E-state index is 6.44. The summed E-state index contributed by atoms with van der Waals surface area (Å²) in [5.41, 5.74) is 10.3. The van der Waals surface area contributed by atoms with Crippen molar-refractivity contribution in [3.63, 3.8) is 0 Å². The molecule has 1 unspecified atom stereocenters. The number of allylic oxidation sites excluding steroid dienone is 4. The van der Waals surface area contributed by atoms with Crippen molar-refractivity contribution >= 4 is 49.4 Å². The molecule has 5 aromatic carbocycles. The lowest BCUT2D eigenvalue weighted by atomic mass is 9.87. The van der Waals surface area contributed by atoms with E-state index in [2.05, 4.69) is 103 Å². The summed E-state index contributed by atoms with van der Waals surface area (Å²) in [6, 6.07) is 42.5. The van der Waals surface area contributed by atoms with Crippen LogP contribution in [0.15, 0.2) is 144 Å². The van der Waals surface area contributed by atoms with Crippen molar-refractivity contribution < 1.29 is 4.42 Å². The van der Waals surface area contributed by atoms with Gasteiger partial charge in [-0.25, -0.2) is 4.98 Å². The first-order chi connectivity index (χ1) is 22.2. The molecule has 0 fully saturated rings. The zero-order valence-corrected chi connectivity index (χ0v) is 24.8. The standard InChI is InChI=1S/C41H29N3O/c1-26-12-8-9-17-31(26)29-20-22-36-33(24-29)32-18-10-11-19-35(32)44(36)30-21-23-37-34(25-30)38-39(27-13-4-2-5-14-27)42-40(43-41(38)45-37)28-15-6-3-7-16-28/h2-11,13-26H,12H2,1H3. The van der Waals surface area contributed by atoms with Gasteiger partial charge in [-0.2, -0.15) is 4.98 Å². The maximum Gasteiger partial charge on any atom is 0.231 e. The van der Waals surface area contributed by atoms with Gasteiger partial charge in [0.25, 0.3) is 0 Å². The first kappa shape index (κ1) is 25.7. The largest absolute Gasteiger partial charge is 0.438 e. The second kappa shape index (κ2) is 10.2. The van der Waals surface area contributed by atoms with E-state index in [9.17, 15) is 0 Å². The fourth-order valence-electron chi connectivity index (χ4n) is 6.88. The molecule has 1 atom stereocenters. The van der Waals surface area contributed by atoms with Gasteiger partial charge in [-0.1, -0.05) is 110 Å². The molecular formula is C41H29N3O. The Morgan fingerprint density at radius 2 is 1.42 bits per heavy atom. The minimum atomic E-state index is 0.501. The van der Waals surface area contributed by atoms with Crippen LogP contribution < -0.4 is 0 Å². The Labute approximate surface area is 260 Å². The van der Waals surface area contributed by atoms with Crippen LogP contribution in [0.25, 0.3) is 77.8 Å². The number of rotatable bonds is 4. The van der Waals surface area contributed by atoms with E-state index >= 15 is 0 Å². The van der Waals surface area contributed by atoms with Gasteiger partial charge >= 0.3 is 0 Å². The minimum Gasteiger partial charge on any atom is -0.438 e. The van der Waals surface area contributed by atoms with Gasteiger partial charge in [0.1, 0.15) is 5.58 Å². The highest BCUT2D eigenvalue weighted by Crippen LogP contribution is 2.40. The molecule has 0 bridgehead atoms. The summed E-state index contributed by atoms with van der Waals surface area (Å²) in [7, 11) is 0. The molecule has 1 aliphatic rings. The van der Waals surface area contributed by atoms with Gasteiger partial charge in [0, 0.05) is 33.0 Å². The van der Waals surface area contributed by atoms with Gasteiger partial charge < -0.3 is 8.98 Å². The number of benzene rings is 5. The van der Waals surface area contributed by atoms with E-state index in [1.54, 1.807) is 0 Å². The van der Waals surface area contributed by atoms with Crippen LogP contribution in [0.5, 0.6) is 0 Å². The quantitative estimate of drug-likeness (QED) is 0.208. The molecule has 4 nitrogen and oxygen atoms in total. The molecule has 8 aromatic rings. The van der Waals surface area contributed by atoms with E-state index in [0.717, 1.165) is 45.3 Å². The van der Waals surface area contributed by atoms with Gasteiger partial charge in [0.2, 0.25) is 5.71 Å². The van der Waals surface area contributed by atoms with Crippen LogP contribution in [0.2, 0.25) is 0 Å². The lowest BCUT2D eigenvalue weighted by Gasteiger charge is -2.17. The molecule has 0 spiro atoms. The highest BCUT2D eigenvalue weighted by molar-refractivity contribution is 6.13. The minimum absolute atomic E-state index is 0.501. The number of hydrogen-bond donors (Lipinski definition) is 0. The second-order valence-electron chi connectivity index (χ2n) is 11.9. The third kappa shape index (κ3) is 4.14. The fraction of sp³-hybridized carbons (Fsp3) is 0.0732. The van der Waals surface area contributed by atoms with Crippen LogP contribution in [0, 0.1) is 5.92 Å². The van der Waals surface area contributed by atoms with E-state index in [1.807, 2.05) is 48.5 Å². The number of fused-ring (bicyclic) bond motifs is 6. The Morgan fingerprint density at radius 1 is 0.667 bits per heavy atom. The highest BCUT2D eigenvalue weighted by atomic mass is 16.3. The Bertz CT molecular complexity index is 2460. The number of furan rings is 1.